The highest BCUT2D eigenvalue weighted by atomic mass is 32.2. The van der Waals surface area contributed by atoms with Crippen LogP contribution in [0.4, 0.5) is 4.39 Å². The van der Waals surface area contributed by atoms with Crippen molar-refractivity contribution in [1.82, 2.24) is 4.31 Å². The standard InChI is InChI=1S/C12H14FNO4S/c1-8-4-5-9(13)7-11(8)19(17,18)14-6-2-3-10(14)12(15)16/h4-5,7,10H,2-3,6H2,1H3,(H,15,16). The average Bonchev–Trinajstić information content (AvgIpc) is 2.82. The third kappa shape index (κ3) is 2.48. The number of carboxylic acid groups (broad SMARTS) is 1. The maximum atomic E-state index is 13.2. The fraction of sp³-hybridized carbons (Fsp3) is 0.417. The number of carboxylic acids is 1. The summed E-state index contributed by atoms with van der Waals surface area (Å²) in [5.41, 5.74) is 0.400. The molecule has 1 atom stereocenters. The summed E-state index contributed by atoms with van der Waals surface area (Å²) in [4.78, 5) is 10.9. The van der Waals surface area contributed by atoms with E-state index < -0.39 is 27.9 Å². The quantitative estimate of drug-likeness (QED) is 0.911. The predicted octanol–water partition coefficient (Wildman–Crippen LogP) is 1.37. The topological polar surface area (TPSA) is 74.7 Å². The van der Waals surface area contributed by atoms with E-state index in [9.17, 15) is 17.6 Å². The predicted molar refractivity (Wildman–Crippen MR) is 65.7 cm³/mol. The number of aliphatic carboxylic acids is 1. The van der Waals surface area contributed by atoms with Crippen molar-refractivity contribution in [3.63, 3.8) is 0 Å². The summed E-state index contributed by atoms with van der Waals surface area (Å²) in [5.74, 6) is -1.83. The Kier molecular flexibility index (Phi) is 3.60. The number of hydrogen-bond donors (Lipinski definition) is 1. The molecule has 1 aromatic rings. The molecule has 0 saturated carbocycles. The van der Waals surface area contributed by atoms with Gasteiger partial charge in [-0.3, -0.25) is 4.79 Å². The zero-order valence-electron chi connectivity index (χ0n) is 10.3. The molecule has 0 aliphatic carbocycles. The molecule has 1 aliphatic heterocycles. The minimum absolute atomic E-state index is 0.148. The van der Waals surface area contributed by atoms with Crippen LogP contribution in [0.2, 0.25) is 0 Å². The van der Waals surface area contributed by atoms with Gasteiger partial charge in [0.25, 0.3) is 0 Å². The largest absolute Gasteiger partial charge is 0.480 e. The van der Waals surface area contributed by atoms with E-state index in [0.29, 0.717) is 12.0 Å². The van der Waals surface area contributed by atoms with Gasteiger partial charge >= 0.3 is 5.97 Å². The second kappa shape index (κ2) is 4.90. The molecule has 1 unspecified atom stereocenters. The van der Waals surface area contributed by atoms with Crippen molar-refractivity contribution in [2.24, 2.45) is 0 Å². The zero-order valence-corrected chi connectivity index (χ0v) is 11.2. The van der Waals surface area contributed by atoms with Crippen molar-refractivity contribution in [3.05, 3.63) is 29.6 Å². The summed E-state index contributed by atoms with van der Waals surface area (Å²) in [6.07, 6.45) is 0.771. The number of aryl methyl sites for hydroxylation is 1. The fourth-order valence-electron chi connectivity index (χ4n) is 2.25. The lowest BCUT2D eigenvalue weighted by molar-refractivity contribution is -0.140. The number of halogens is 1. The van der Waals surface area contributed by atoms with E-state index in [0.717, 1.165) is 10.4 Å². The van der Waals surface area contributed by atoms with Gasteiger partial charge < -0.3 is 5.11 Å². The van der Waals surface area contributed by atoms with Crippen LogP contribution in [0.3, 0.4) is 0 Å². The average molecular weight is 287 g/mol. The van der Waals surface area contributed by atoms with Gasteiger partial charge in [0.05, 0.1) is 4.90 Å². The molecule has 1 heterocycles. The van der Waals surface area contributed by atoms with E-state index in [2.05, 4.69) is 0 Å². The minimum Gasteiger partial charge on any atom is -0.480 e. The normalized spacial score (nSPS) is 20.6. The van der Waals surface area contributed by atoms with Crippen LogP contribution in [0.1, 0.15) is 18.4 Å². The number of benzene rings is 1. The molecular weight excluding hydrogens is 273 g/mol. The lowest BCUT2D eigenvalue weighted by Crippen LogP contribution is -2.40. The number of sulfonamides is 1. The molecule has 0 spiro atoms. The van der Waals surface area contributed by atoms with Gasteiger partial charge in [-0.2, -0.15) is 4.31 Å². The molecule has 1 aliphatic rings. The van der Waals surface area contributed by atoms with E-state index in [1.165, 1.54) is 12.1 Å². The Morgan fingerprint density at radius 1 is 1.47 bits per heavy atom. The fourth-order valence-corrected chi connectivity index (χ4v) is 4.14. The molecule has 0 radical (unpaired) electrons. The summed E-state index contributed by atoms with van der Waals surface area (Å²) >= 11 is 0. The summed E-state index contributed by atoms with van der Waals surface area (Å²) < 4.78 is 39.0. The Labute approximate surface area is 110 Å². The van der Waals surface area contributed by atoms with Crippen molar-refractivity contribution in [1.29, 1.82) is 0 Å². The van der Waals surface area contributed by atoms with Gasteiger partial charge in [-0.05, 0) is 37.5 Å². The van der Waals surface area contributed by atoms with E-state index in [4.69, 9.17) is 5.11 Å². The van der Waals surface area contributed by atoms with Gasteiger partial charge in [0.15, 0.2) is 0 Å². The second-order valence-corrected chi connectivity index (χ2v) is 6.38. The first-order valence-corrected chi connectivity index (χ1v) is 7.29. The lowest BCUT2D eigenvalue weighted by Gasteiger charge is -2.21. The van der Waals surface area contributed by atoms with E-state index in [1.807, 2.05) is 0 Å². The van der Waals surface area contributed by atoms with Crippen molar-refractivity contribution in [2.45, 2.75) is 30.7 Å². The Morgan fingerprint density at radius 2 is 2.16 bits per heavy atom. The molecule has 0 aromatic heterocycles. The lowest BCUT2D eigenvalue weighted by atomic mass is 10.2. The Bertz CT molecular complexity index is 614. The van der Waals surface area contributed by atoms with Gasteiger partial charge in [0.1, 0.15) is 11.9 Å². The molecular formula is C12H14FNO4S. The molecule has 1 fully saturated rings. The molecule has 2 rings (SSSR count). The van der Waals surface area contributed by atoms with Crippen molar-refractivity contribution in [3.8, 4) is 0 Å². The summed E-state index contributed by atoms with van der Waals surface area (Å²) in [7, 11) is -3.97. The first-order chi connectivity index (χ1) is 8.84. The smallest absolute Gasteiger partial charge is 0.322 e. The van der Waals surface area contributed by atoms with Crippen LogP contribution in [0.25, 0.3) is 0 Å². The van der Waals surface area contributed by atoms with Crippen molar-refractivity contribution < 1.29 is 22.7 Å². The highest BCUT2D eigenvalue weighted by molar-refractivity contribution is 7.89. The molecule has 0 amide bonds. The molecule has 19 heavy (non-hydrogen) atoms. The molecule has 1 N–H and O–H groups in total. The van der Waals surface area contributed by atoms with Gasteiger partial charge in [0, 0.05) is 6.54 Å². The maximum Gasteiger partial charge on any atom is 0.322 e. The minimum atomic E-state index is -3.97. The van der Waals surface area contributed by atoms with E-state index in [1.54, 1.807) is 6.92 Å². The monoisotopic (exact) mass is 287 g/mol. The third-order valence-corrected chi connectivity index (χ3v) is 5.28. The van der Waals surface area contributed by atoms with Crippen LogP contribution in [-0.2, 0) is 14.8 Å². The molecule has 5 nitrogen and oxygen atoms in total. The van der Waals surface area contributed by atoms with Gasteiger partial charge in [-0.15, -0.1) is 0 Å². The number of rotatable bonds is 3. The van der Waals surface area contributed by atoms with E-state index >= 15 is 0 Å². The first-order valence-electron chi connectivity index (χ1n) is 5.85. The second-order valence-electron chi connectivity index (χ2n) is 4.52. The SMILES string of the molecule is Cc1ccc(F)cc1S(=O)(=O)N1CCCC1C(=O)O. The van der Waals surface area contributed by atoms with Gasteiger partial charge in [-0.1, -0.05) is 6.07 Å². The number of nitrogens with zero attached hydrogens (tertiary/aromatic N) is 1. The molecule has 0 bridgehead atoms. The van der Waals surface area contributed by atoms with Crippen molar-refractivity contribution >= 4 is 16.0 Å². The first kappa shape index (κ1) is 14.0. The number of hydrogen-bond acceptors (Lipinski definition) is 3. The zero-order chi connectivity index (χ0) is 14.2. The summed E-state index contributed by atoms with van der Waals surface area (Å²) in [5, 5.41) is 9.04. The Balaban J connectivity index is 2.48. The van der Waals surface area contributed by atoms with Crippen LogP contribution in [0, 0.1) is 12.7 Å². The highest BCUT2D eigenvalue weighted by Gasteiger charge is 2.40. The van der Waals surface area contributed by atoms with Gasteiger partial charge in [-0.25, -0.2) is 12.8 Å². The van der Waals surface area contributed by atoms with Crippen LogP contribution >= 0.6 is 0 Å². The summed E-state index contributed by atoms with van der Waals surface area (Å²) in [6.45, 7) is 1.70. The molecule has 1 aromatic carbocycles. The van der Waals surface area contributed by atoms with Gasteiger partial charge in [0.2, 0.25) is 10.0 Å². The highest BCUT2D eigenvalue weighted by Crippen LogP contribution is 2.28. The Morgan fingerprint density at radius 3 is 2.79 bits per heavy atom. The molecule has 104 valence electrons. The number of carbonyl (C=O) groups is 1. The van der Waals surface area contributed by atoms with Crippen LogP contribution in [0.15, 0.2) is 23.1 Å². The molecule has 1 saturated heterocycles. The van der Waals surface area contributed by atoms with E-state index in [-0.39, 0.29) is 17.9 Å². The third-order valence-electron chi connectivity index (χ3n) is 3.23. The summed E-state index contributed by atoms with van der Waals surface area (Å²) in [6, 6.07) is 2.41. The maximum absolute atomic E-state index is 13.2. The molecule has 7 heteroatoms. The van der Waals surface area contributed by atoms with Crippen LogP contribution in [-0.4, -0.2) is 36.4 Å². The van der Waals surface area contributed by atoms with Crippen molar-refractivity contribution in [2.75, 3.05) is 6.54 Å². The Hall–Kier alpha value is -1.47. The van der Waals surface area contributed by atoms with Crippen LogP contribution in [0.5, 0.6) is 0 Å². The van der Waals surface area contributed by atoms with Crippen LogP contribution < -0.4 is 0 Å².